The van der Waals surface area contributed by atoms with Crippen molar-refractivity contribution in [2.75, 3.05) is 26.6 Å². The quantitative estimate of drug-likeness (QED) is 0.753. The monoisotopic (exact) mass is 395 g/mol. The van der Waals surface area contributed by atoms with Gasteiger partial charge in [-0.05, 0) is 52.7 Å². The zero-order chi connectivity index (χ0) is 17.9. The van der Waals surface area contributed by atoms with Crippen LogP contribution < -0.4 is 19.5 Å². The van der Waals surface area contributed by atoms with E-state index >= 15 is 0 Å². The number of methoxy groups -OCH3 is 3. The molecule has 128 valence electrons. The van der Waals surface area contributed by atoms with Gasteiger partial charge in [0.15, 0.2) is 11.5 Å². The zero-order valence-electron chi connectivity index (χ0n) is 13.8. The van der Waals surface area contributed by atoms with Crippen LogP contribution in [-0.4, -0.2) is 32.3 Å². The van der Waals surface area contributed by atoms with Crippen LogP contribution in [0.1, 0.15) is 15.9 Å². The minimum atomic E-state index is -0.352. The number of phenolic OH excluding ortho intramolecular Hbond substituents is 1. The van der Waals surface area contributed by atoms with Crippen molar-refractivity contribution in [3.8, 4) is 23.0 Å². The molecule has 0 aromatic heterocycles. The van der Waals surface area contributed by atoms with Gasteiger partial charge in [0.2, 0.25) is 5.75 Å². The van der Waals surface area contributed by atoms with Crippen molar-refractivity contribution in [3.05, 3.63) is 39.9 Å². The normalized spacial score (nSPS) is 10.2. The van der Waals surface area contributed by atoms with E-state index in [9.17, 15) is 9.90 Å². The van der Waals surface area contributed by atoms with Crippen molar-refractivity contribution < 1.29 is 24.1 Å². The Kier molecular flexibility index (Phi) is 5.56. The fourth-order valence-corrected chi connectivity index (χ4v) is 2.90. The Morgan fingerprint density at radius 1 is 1.08 bits per heavy atom. The summed E-state index contributed by atoms with van der Waals surface area (Å²) in [5.41, 5.74) is 1.67. The molecule has 1 amide bonds. The molecule has 0 unspecified atom stereocenters. The molecule has 24 heavy (non-hydrogen) atoms. The van der Waals surface area contributed by atoms with Crippen LogP contribution in [0.4, 0.5) is 5.69 Å². The number of nitrogens with one attached hydrogen (secondary N) is 1. The van der Waals surface area contributed by atoms with Crippen LogP contribution in [0.15, 0.2) is 28.7 Å². The van der Waals surface area contributed by atoms with Crippen LogP contribution in [0.25, 0.3) is 0 Å². The molecule has 0 bridgehead atoms. The molecule has 7 heteroatoms. The first-order valence-corrected chi connectivity index (χ1v) is 7.81. The van der Waals surface area contributed by atoms with E-state index in [0.29, 0.717) is 33.0 Å². The second-order valence-electron chi connectivity index (χ2n) is 4.96. The number of anilines is 1. The number of carbonyl (C=O) groups is 1. The number of amides is 1. The van der Waals surface area contributed by atoms with Gasteiger partial charge in [0.05, 0.1) is 31.4 Å². The molecule has 2 N–H and O–H groups in total. The number of halogens is 1. The van der Waals surface area contributed by atoms with Crippen molar-refractivity contribution >= 4 is 27.5 Å². The molecule has 0 fully saturated rings. The van der Waals surface area contributed by atoms with Gasteiger partial charge in [-0.25, -0.2) is 0 Å². The first-order chi connectivity index (χ1) is 11.4. The van der Waals surface area contributed by atoms with E-state index in [1.54, 1.807) is 25.1 Å². The fourth-order valence-electron chi connectivity index (χ4n) is 2.26. The van der Waals surface area contributed by atoms with Crippen LogP contribution in [0.3, 0.4) is 0 Å². The third-order valence-electron chi connectivity index (χ3n) is 3.47. The lowest BCUT2D eigenvalue weighted by Crippen LogP contribution is -2.14. The average Bonchev–Trinajstić information content (AvgIpc) is 2.56. The number of rotatable bonds is 5. The first-order valence-electron chi connectivity index (χ1n) is 7.02. The Balaban J connectivity index is 2.45. The number of hydrogen-bond acceptors (Lipinski definition) is 5. The van der Waals surface area contributed by atoms with E-state index in [4.69, 9.17) is 14.2 Å². The second-order valence-corrected chi connectivity index (χ2v) is 5.75. The zero-order valence-corrected chi connectivity index (χ0v) is 15.4. The highest BCUT2D eigenvalue weighted by molar-refractivity contribution is 9.10. The molecular formula is C17H18BrNO5. The van der Waals surface area contributed by atoms with Crippen molar-refractivity contribution in [2.24, 2.45) is 0 Å². The maximum absolute atomic E-state index is 12.7. The fraction of sp³-hybridized carbons (Fsp3) is 0.235. The molecule has 0 aliphatic carbocycles. The van der Waals surface area contributed by atoms with Gasteiger partial charge in [0.1, 0.15) is 5.75 Å². The molecule has 0 aliphatic heterocycles. The molecule has 2 aromatic rings. The number of benzene rings is 2. The van der Waals surface area contributed by atoms with Crippen molar-refractivity contribution in [2.45, 2.75) is 6.92 Å². The van der Waals surface area contributed by atoms with Crippen molar-refractivity contribution in [3.63, 3.8) is 0 Å². The van der Waals surface area contributed by atoms with Gasteiger partial charge >= 0.3 is 0 Å². The Labute approximate surface area is 148 Å². The Morgan fingerprint density at radius 2 is 1.75 bits per heavy atom. The molecule has 2 aromatic carbocycles. The first kappa shape index (κ1) is 17.9. The molecular weight excluding hydrogens is 378 g/mol. The van der Waals surface area contributed by atoms with Gasteiger partial charge in [-0.15, -0.1) is 0 Å². The minimum Gasteiger partial charge on any atom is -0.508 e. The predicted octanol–water partition coefficient (Wildman–Crippen LogP) is 3.74. The summed E-state index contributed by atoms with van der Waals surface area (Å²) >= 11 is 3.38. The van der Waals surface area contributed by atoms with Crippen molar-refractivity contribution in [1.29, 1.82) is 0 Å². The molecule has 2 rings (SSSR count). The summed E-state index contributed by atoms with van der Waals surface area (Å²) in [6.07, 6.45) is 0. The second kappa shape index (κ2) is 7.44. The number of aromatic hydroxyl groups is 1. The van der Waals surface area contributed by atoms with Crippen LogP contribution >= 0.6 is 15.9 Å². The highest BCUT2D eigenvalue weighted by Gasteiger charge is 2.23. The lowest BCUT2D eigenvalue weighted by atomic mass is 10.1. The van der Waals surface area contributed by atoms with E-state index in [1.807, 2.05) is 0 Å². The standard InChI is InChI=1S/C17H18BrNO5/c1-9-7-10(20)5-6-12(9)19-17(21)11-8-13(22-2)15(23-3)16(24-4)14(11)18/h5-8,20H,1-4H3,(H,19,21). The molecule has 0 aliphatic rings. The summed E-state index contributed by atoms with van der Waals surface area (Å²) in [6.45, 7) is 1.79. The van der Waals surface area contributed by atoms with Gasteiger partial charge < -0.3 is 24.6 Å². The Bertz CT molecular complexity index is 776. The van der Waals surface area contributed by atoms with Crippen LogP contribution in [0.2, 0.25) is 0 Å². The minimum absolute atomic E-state index is 0.138. The SMILES string of the molecule is COc1cc(C(=O)Nc2ccc(O)cc2C)c(Br)c(OC)c1OC. The highest BCUT2D eigenvalue weighted by atomic mass is 79.9. The predicted molar refractivity (Wildman–Crippen MR) is 94.6 cm³/mol. The summed E-state index contributed by atoms with van der Waals surface area (Å²) in [6, 6.07) is 6.28. The van der Waals surface area contributed by atoms with Gasteiger partial charge in [0.25, 0.3) is 5.91 Å². The molecule has 0 radical (unpaired) electrons. The van der Waals surface area contributed by atoms with E-state index in [1.165, 1.54) is 27.4 Å². The molecule has 0 saturated carbocycles. The van der Waals surface area contributed by atoms with Crippen molar-refractivity contribution in [1.82, 2.24) is 0 Å². The molecule has 0 atom stereocenters. The summed E-state index contributed by atoms with van der Waals surface area (Å²) < 4.78 is 16.3. The van der Waals surface area contributed by atoms with E-state index in [2.05, 4.69) is 21.2 Å². The average molecular weight is 396 g/mol. The summed E-state index contributed by atoms with van der Waals surface area (Å²) in [5, 5.41) is 12.3. The molecule has 0 saturated heterocycles. The van der Waals surface area contributed by atoms with Gasteiger partial charge in [-0.3, -0.25) is 4.79 Å². The van der Waals surface area contributed by atoms with E-state index in [-0.39, 0.29) is 11.7 Å². The lowest BCUT2D eigenvalue weighted by Gasteiger charge is -2.17. The summed E-state index contributed by atoms with van der Waals surface area (Å²) in [4.78, 5) is 12.7. The summed E-state index contributed by atoms with van der Waals surface area (Å²) in [7, 11) is 4.46. The smallest absolute Gasteiger partial charge is 0.257 e. The number of carbonyl (C=O) groups excluding carboxylic acids is 1. The van der Waals surface area contributed by atoms with Gasteiger partial charge in [0, 0.05) is 5.69 Å². The number of aryl methyl sites for hydroxylation is 1. The van der Waals surface area contributed by atoms with Crippen LogP contribution in [0, 0.1) is 6.92 Å². The largest absolute Gasteiger partial charge is 0.508 e. The number of ether oxygens (including phenoxy) is 3. The van der Waals surface area contributed by atoms with E-state index < -0.39 is 0 Å². The van der Waals surface area contributed by atoms with Gasteiger partial charge in [-0.2, -0.15) is 0 Å². The Morgan fingerprint density at radius 3 is 2.29 bits per heavy atom. The molecule has 0 spiro atoms. The number of hydrogen-bond donors (Lipinski definition) is 2. The Hall–Kier alpha value is -2.41. The summed E-state index contributed by atoms with van der Waals surface area (Å²) in [5.74, 6) is 0.924. The third kappa shape index (κ3) is 3.41. The topological polar surface area (TPSA) is 77.0 Å². The molecule has 0 heterocycles. The van der Waals surface area contributed by atoms with Crippen LogP contribution in [0.5, 0.6) is 23.0 Å². The third-order valence-corrected chi connectivity index (χ3v) is 4.26. The lowest BCUT2D eigenvalue weighted by molar-refractivity contribution is 0.102. The van der Waals surface area contributed by atoms with Gasteiger partial charge in [-0.1, -0.05) is 0 Å². The van der Waals surface area contributed by atoms with Crippen LogP contribution in [-0.2, 0) is 0 Å². The van der Waals surface area contributed by atoms with E-state index in [0.717, 1.165) is 5.56 Å². The number of phenols is 1. The maximum atomic E-state index is 12.7. The molecule has 6 nitrogen and oxygen atoms in total. The highest BCUT2D eigenvalue weighted by Crippen LogP contribution is 2.44. The maximum Gasteiger partial charge on any atom is 0.257 e.